The molecule has 230 valence electrons. The van der Waals surface area contributed by atoms with E-state index in [4.69, 9.17) is 31.8 Å². The average molecular weight is 607 g/mol. The van der Waals surface area contributed by atoms with Crippen molar-refractivity contribution in [2.45, 2.75) is 6.42 Å². The van der Waals surface area contributed by atoms with E-state index in [0.29, 0.717) is 53.5 Å². The zero-order valence-corrected chi connectivity index (χ0v) is 24.4. The van der Waals surface area contributed by atoms with Crippen LogP contribution in [0.15, 0.2) is 84.9 Å². The number of hydrogen-bond acceptors (Lipinski definition) is 6. The fourth-order valence-corrected chi connectivity index (χ4v) is 5.02. The Labute approximate surface area is 260 Å². The van der Waals surface area contributed by atoms with Gasteiger partial charge >= 0.3 is 0 Å². The zero-order valence-electron chi connectivity index (χ0n) is 24.4. The Bertz CT molecular complexity index is 1630. The first-order valence-corrected chi connectivity index (χ1v) is 14.3. The summed E-state index contributed by atoms with van der Waals surface area (Å²) >= 11 is 0. The molecule has 0 unspecified atom stereocenters. The maximum atomic E-state index is 13.2. The molecule has 12 heteroatoms. The molecule has 0 atom stereocenters. The van der Waals surface area contributed by atoms with Gasteiger partial charge in [0, 0.05) is 11.4 Å². The number of carbonyl (C=O) groups excluding carboxylic acids is 2. The molecule has 1 aliphatic rings. The summed E-state index contributed by atoms with van der Waals surface area (Å²) in [7, 11) is 0. The van der Waals surface area contributed by atoms with Crippen molar-refractivity contribution in [1.82, 2.24) is 10.6 Å². The van der Waals surface area contributed by atoms with Gasteiger partial charge in [-0.3, -0.25) is 20.4 Å². The number of para-hydroxylation sites is 2. The van der Waals surface area contributed by atoms with E-state index in [9.17, 15) is 9.59 Å². The lowest BCUT2D eigenvalue weighted by Crippen LogP contribution is -2.33. The van der Waals surface area contributed by atoms with E-state index in [1.165, 1.54) is 0 Å². The van der Waals surface area contributed by atoms with Gasteiger partial charge in [0.2, 0.25) is 0 Å². The molecule has 4 aromatic rings. The number of carbonyl (C=O) groups is 2. The van der Waals surface area contributed by atoms with E-state index in [1.807, 2.05) is 36.4 Å². The number of benzene rings is 4. The van der Waals surface area contributed by atoms with Crippen LogP contribution < -0.4 is 42.2 Å². The van der Waals surface area contributed by atoms with Crippen LogP contribution in [-0.2, 0) is 6.42 Å². The summed E-state index contributed by atoms with van der Waals surface area (Å²) in [4.78, 5) is 26.3. The summed E-state index contributed by atoms with van der Waals surface area (Å²) in [5, 5.41) is 25.7. The standard InChI is InChI=1S/C33H34N8O4/c34-32(35)38-13-15-44-28-7-3-1-5-26(28)30(42)40-22-9-11-24-20(18-22)17-21-19-23(10-12-25(21)24)41-31(43)27-6-2-4-8-29(27)45-16-14-39-33(36)37/h1-12,18-19H,13-17H2,(H,40,42)(H,41,43)(H4,34,35,38)(H4,36,37,39). The van der Waals surface area contributed by atoms with Gasteiger partial charge in [-0.2, -0.15) is 0 Å². The van der Waals surface area contributed by atoms with Crippen molar-refractivity contribution in [2.24, 2.45) is 11.5 Å². The topological polar surface area (TPSA) is 200 Å². The van der Waals surface area contributed by atoms with Gasteiger partial charge in [-0.1, -0.05) is 36.4 Å². The Hall–Kier alpha value is -6.04. The third-order valence-electron chi connectivity index (χ3n) is 7.01. The fraction of sp³-hybridized carbons (Fsp3) is 0.152. The quantitative estimate of drug-likeness (QED) is 0.0599. The van der Waals surface area contributed by atoms with Gasteiger partial charge in [-0.15, -0.1) is 0 Å². The number of guanidine groups is 2. The van der Waals surface area contributed by atoms with Crippen LogP contribution in [0.1, 0.15) is 31.8 Å². The average Bonchev–Trinajstić information content (AvgIpc) is 3.38. The van der Waals surface area contributed by atoms with Crippen molar-refractivity contribution in [3.8, 4) is 22.6 Å². The number of rotatable bonds is 12. The first-order valence-electron chi connectivity index (χ1n) is 14.3. The SMILES string of the molecule is N=C(N)NCCOc1ccccc1C(=O)Nc1ccc2c(c1)Cc1cc(NC(=O)c3ccccc3OCCNC(=N)N)ccc1-2. The number of fused-ring (bicyclic) bond motifs is 3. The second-order valence-electron chi connectivity index (χ2n) is 10.2. The molecule has 2 amide bonds. The molecule has 0 radical (unpaired) electrons. The highest BCUT2D eigenvalue weighted by Crippen LogP contribution is 2.39. The summed E-state index contributed by atoms with van der Waals surface area (Å²) in [5.74, 6) is -0.0265. The zero-order chi connectivity index (χ0) is 31.8. The summed E-state index contributed by atoms with van der Waals surface area (Å²) in [6.45, 7) is 1.16. The summed E-state index contributed by atoms with van der Waals surface area (Å²) in [6.07, 6.45) is 0.643. The first-order chi connectivity index (χ1) is 21.8. The minimum absolute atomic E-state index is 0.145. The predicted octanol–water partition coefficient (Wildman–Crippen LogP) is 3.49. The second kappa shape index (κ2) is 14.0. The Kier molecular flexibility index (Phi) is 9.43. The van der Waals surface area contributed by atoms with E-state index in [0.717, 1.165) is 22.3 Å². The number of amides is 2. The number of nitrogens with one attached hydrogen (secondary N) is 6. The van der Waals surface area contributed by atoms with Crippen LogP contribution in [0.25, 0.3) is 11.1 Å². The monoisotopic (exact) mass is 606 g/mol. The molecular weight excluding hydrogens is 572 g/mol. The van der Waals surface area contributed by atoms with Crippen LogP contribution in [0, 0.1) is 10.8 Å². The van der Waals surface area contributed by atoms with Gasteiger partial charge in [0.15, 0.2) is 11.9 Å². The molecule has 12 nitrogen and oxygen atoms in total. The van der Waals surface area contributed by atoms with Crippen molar-refractivity contribution in [2.75, 3.05) is 36.9 Å². The molecule has 0 saturated heterocycles. The summed E-state index contributed by atoms with van der Waals surface area (Å²) in [5.41, 5.74) is 17.0. The lowest BCUT2D eigenvalue weighted by Gasteiger charge is -2.13. The van der Waals surface area contributed by atoms with Crippen LogP contribution in [0.3, 0.4) is 0 Å². The van der Waals surface area contributed by atoms with Crippen LogP contribution in [0.5, 0.6) is 11.5 Å². The van der Waals surface area contributed by atoms with Crippen molar-refractivity contribution in [3.05, 3.63) is 107 Å². The Balaban J connectivity index is 1.23. The minimum Gasteiger partial charge on any atom is -0.491 e. The van der Waals surface area contributed by atoms with Gasteiger partial charge in [0.25, 0.3) is 11.8 Å². The summed E-state index contributed by atoms with van der Waals surface area (Å²) < 4.78 is 11.5. The highest BCUT2D eigenvalue weighted by atomic mass is 16.5. The van der Waals surface area contributed by atoms with E-state index in [1.54, 1.807) is 48.5 Å². The molecule has 4 aromatic carbocycles. The molecule has 1 aliphatic carbocycles. The van der Waals surface area contributed by atoms with Gasteiger partial charge in [-0.25, -0.2) is 0 Å². The molecule has 0 aromatic heterocycles. The Morgan fingerprint density at radius 1 is 0.644 bits per heavy atom. The normalized spacial score (nSPS) is 11.0. The Morgan fingerprint density at radius 2 is 1.07 bits per heavy atom. The molecular formula is C33H34N8O4. The Morgan fingerprint density at radius 3 is 1.49 bits per heavy atom. The molecule has 0 aliphatic heterocycles. The van der Waals surface area contributed by atoms with Gasteiger partial charge in [-0.05, 0) is 77.2 Å². The van der Waals surface area contributed by atoms with Crippen molar-refractivity contribution >= 4 is 35.1 Å². The maximum absolute atomic E-state index is 13.2. The highest BCUT2D eigenvalue weighted by molar-refractivity contribution is 6.07. The maximum Gasteiger partial charge on any atom is 0.259 e. The molecule has 0 fully saturated rings. The first kappa shape index (κ1) is 30.4. The number of hydrogen-bond donors (Lipinski definition) is 8. The molecule has 0 spiro atoms. The molecule has 10 N–H and O–H groups in total. The fourth-order valence-electron chi connectivity index (χ4n) is 5.02. The predicted molar refractivity (Wildman–Crippen MR) is 174 cm³/mol. The van der Waals surface area contributed by atoms with E-state index in [-0.39, 0.29) is 36.9 Å². The van der Waals surface area contributed by atoms with E-state index >= 15 is 0 Å². The van der Waals surface area contributed by atoms with Crippen molar-refractivity contribution < 1.29 is 19.1 Å². The van der Waals surface area contributed by atoms with Crippen LogP contribution >= 0.6 is 0 Å². The van der Waals surface area contributed by atoms with Crippen molar-refractivity contribution in [1.29, 1.82) is 10.8 Å². The third kappa shape index (κ3) is 7.68. The smallest absolute Gasteiger partial charge is 0.259 e. The van der Waals surface area contributed by atoms with E-state index < -0.39 is 0 Å². The van der Waals surface area contributed by atoms with Crippen LogP contribution in [0.4, 0.5) is 11.4 Å². The molecule has 0 bridgehead atoms. The van der Waals surface area contributed by atoms with Gasteiger partial charge in [0.05, 0.1) is 24.2 Å². The number of nitrogens with two attached hydrogens (primary N) is 2. The molecule has 0 saturated carbocycles. The third-order valence-corrected chi connectivity index (χ3v) is 7.01. The molecule has 0 heterocycles. The minimum atomic E-state index is -0.301. The second-order valence-corrected chi connectivity index (χ2v) is 10.2. The number of ether oxygens (including phenoxy) is 2. The van der Waals surface area contributed by atoms with Crippen LogP contribution in [-0.4, -0.2) is 50.0 Å². The summed E-state index contributed by atoms with van der Waals surface area (Å²) in [6, 6.07) is 25.6. The van der Waals surface area contributed by atoms with E-state index in [2.05, 4.69) is 21.3 Å². The lowest BCUT2D eigenvalue weighted by atomic mass is 10.0. The largest absolute Gasteiger partial charge is 0.491 e. The number of anilines is 2. The van der Waals surface area contributed by atoms with Gasteiger partial charge in [0.1, 0.15) is 24.7 Å². The van der Waals surface area contributed by atoms with Crippen LogP contribution in [0.2, 0.25) is 0 Å². The highest BCUT2D eigenvalue weighted by Gasteiger charge is 2.21. The molecule has 5 rings (SSSR count). The van der Waals surface area contributed by atoms with Crippen molar-refractivity contribution in [3.63, 3.8) is 0 Å². The molecule has 45 heavy (non-hydrogen) atoms. The van der Waals surface area contributed by atoms with Gasteiger partial charge < -0.3 is 42.2 Å². The lowest BCUT2D eigenvalue weighted by molar-refractivity contribution is 0.101.